The fourth-order valence-corrected chi connectivity index (χ4v) is 3.85. The van der Waals surface area contributed by atoms with Crippen LogP contribution in [0.2, 0.25) is 6.82 Å². The summed E-state index contributed by atoms with van der Waals surface area (Å²) in [4.78, 5) is 2.43. The van der Waals surface area contributed by atoms with Gasteiger partial charge in [0.1, 0.15) is 0 Å². The summed E-state index contributed by atoms with van der Waals surface area (Å²) >= 11 is 7.21. The fourth-order valence-electron chi connectivity index (χ4n) is 3.16. The van der Waals surface area contributed by atoms with Crippen LogP contribution in [-0.2, 0) is 11.1 Å². The lowest BCUT2D eigenvalue weighted by Crippen LogP contribution is -2.46. The van der Waals surface area contributed by atoms with Gasteiger partial charge >= 0.3 is 0 Å². The van der Waals surface area contributed by atoms with E-state index in [4.69, 9.17) is 0 Å². The molecule has 0 saturated carbocycles. The SMILES string of the molecule is C[B]N1C(C)(C)c2cc(Br)c(Br)cc2C1(C)C. The van der Waals surface area contributed by atoms with Gasteiger partial charge in [0.05, 0.1) is 0 Å². The van der Waals surface area contributed by atoms with E-state index in [1.54, 1.807) is 0 Å². The van der Waals surface area contributed by atoms with E-state index in [2.05, 4.69) is 90.7 Å². The normalized spacial score (nSPS) is 21.4. The van der Waals surface area contributed by atoms with Crippen molar-refractivity contribution in [2.75, 3.05) is 0 Å². The predicted molar refractivity (Wildman–Crippen MR) is 81.4 cm³/mol. The zero-order valence-corrected chi connectivity index (χ0v) is 14.1. The van der Waals surface area contributed by atoms with Gasteiger partial charge in [-0.05, 0) is 82.8 Å². The average Bonchev–Trinajstić information content (AvgIpc) is 2.33. The van der Waals surface area contributed by atoms with Crippen LogP contribution >= 0.6 is 31.9 Å². The van der Waals surface area contributed by atoms with Crippen LogP contribution in [0.4, 0.5) is 0 Å². The summed E-state index contributed by atoms with van der Waals surface area (Å²) in [6, 6.07) is 4.48. The monoisotopic (exact) mass is 356 g/mol. The second kappa shape index (κ2) is 4.11. The molecule has 1 radical (unpaired) electrons. The Morgan fingerprint density at radius 3 is 1.59 bits per heavy atom. The third-order valence-corrected chi connectivity index (χ3v) is 5.69. The van der Waals surface area contributed by atoms with Crippen LogP contribution in [0.5, 0.6) is 0 Å². The lowest BCUT2D eigenvalue weighted by molar-refractivity contribution is 0.146. The number of benzene rings is 1. The van der Waals surface area contributed by atoms with E-state index in [-0.39, 0.29) is 11.1 Å². The third kappa shape index (κ3) is 1.84. The minimum atomic E-state index is 0.0385. The number of hydrogen-bond acceptors (Lipinski definition) is 1. The molecule has 1 aromatic rings. The van der Waals surface area contributed by atoms with Gasteiger partial charge in [-0.2, -0.15) is 0 Å². The van der Waals surface area contributed by atoms with Crippen LogP contribution in [0.3, 0.4) is 0 Å². The van der Waals surface area contributed by atoms with Crippen molar-refractivity contribution in [3.05, 3.63) is 32.2 Å². The highest BCUT2D eigenvalue weighted by Gasteiger charge is 2.47. The maximum atomic E-state index is 3.60. The second-order valence-electron chi connectivity index (χ2n) is 5.56. The van der Waals surface area contributed by atoms with Gasteiger partial charge in [0.15, 0.2) is 0 Å². The van der Waals surface area contributed by atoms with Gasteiger partial charge in [-0.15, -0.1) is 0 Å². The summed E-state index contributed by atoms with van der Waals surface area (Å²) in [6.45, 7) is 11.2. The maximum Gasteiger partial charge on any atom is 0.207 e. The second-order valence-corrected chi connectivity index (χ2v) is 7.27. The Balaban J connectivity index is 2.72. The van der Waals surface area contributed by atoms with Crippen molar-refractivity contribution < 1.29 is 0 Å². The zero-order valence-electron chi connectivity index (χ0n) is 10.9. The molecule has 0 unspecified atom stereocenters. The molecule has 4 heteroatoms. The molecular formula is C13H17BBr2N. The van der Waals surface area contributed by atoms with E-state index in [0.29, 0.717) is 0 Å². The number of halogens is 2. The Bertz CT molecular complexity index is 428. The quantitative estimate of drug-likeness (QED) is 0.660. The Morgan fingerprint density at radius 2 is 1.29 bits per heavy atom. The summed E-state index contributed by atoms with van der Waals surface area (Å²) in [6.07, 6.45) is 0. The number of fused-ring (bicyclic) bond motifs is 1. The van der Waals surface area contributed by atoms with Gasteiger partial charge in [0.25, 0.3) is 0 Å². The molecule has 0 N–H and O–H groups in total. The van der Waals surface area contributed by atoms with Crippen LogP contribution in [0, 0.1) is 0 Å². The third-order valence-electron chi connectivity index (χ3n) is 3.84. The molecular weight excluding hydrogens is 341 g/mol. The van der Waals surface area contributed by atoms with Crippen LogP contribution in [0.25, 0.3) is 0 Å². The smallest absolute Gasteiger partial charge is 0.207 e. The Morgan fingerprint density at radius 1 is 0.941 bits per heavy atom. The standard InChI is InChI=1S/C13H17BBr2N/c1-12(2)8-6-10(15)11(16)7-9(8)13(3,4)17(12)14-5/h6-7H,1-5H3. The largest absolute Gasteiger partial charge is 0.330 e. The molecule has 0 amide bonds. The van der Waals surface area contributed by atoms with Crippen molar-refractivity contribution in [2.24, 2.45) is 0 Å². The molecule has 17 heavy (non-hydrogen) atoms. The highest BCUT2D eigenvalue weighted by molar-refractivity contribution is 9.13. The molecule has 0 spiro atoms. The van der Waals surface area contributed by atoms with Crippen molar-refractivity contribution in [1.82, 2.24) is 4.81 Å². The molecule has 1 aromatic carbocycles. The van der Waals surface area contributed by atoms with E-state index < -0.39 is 0 Å². The van der Waals surface area contributed by atoms with E-state index >= 15 is 0 Å². The molecule has 0 aliphatic carbocycles. The highest BCUT2D eigenvalue weighted by Crippen LogP contribution is 2.50. The Hall–Kier alpha value is 0.205. The molecule has 1 aliphatic rings. The van der Waals surface area contributed by atoms with Gasteiger partial charge < -0.3 is 4.81 Å². The van der Waals surface area contributed by atoms with E-state index in [1.807, 2.05) is 0 Å². The van der Waals surface area contributed by atoms with Crippen LogP contribution in [0.15, 0.2) is 21.1 Å². The summed E-state index contributed by atoms with van der Waals surface area (Å²) < 4.78 is 2.25. The molecule has 2 rings (SSSR count). The molecule has 0 fully saturated rings. The Kier molecular flexibility index (Phi) is 3.29. The maximum absolute atomic E-state index is 3.60. The van der Waals surface area contributed by atoms with Gasteiger partial charge in [0.2, 0.25) is 7.41 Å². The average molecular weight is 358 g/mol. The summed E-state index contributed by atoms with van der Waals surface area (Å²) in [7, 11) is 2.20. The first kappa shape index (κ1) is 13.6. The van der Waals surface area contributed by atoms with Gasteiger partial charge in [-0.3, -0.25) is 0 Å². The van der Waals surface area contributed by atoms with Crippen molar-refractivity contribution >= 4 is 39.3 Å². The van der Waals surface area contributed by atoms with Crippen LogP contribution in [-0.4, -0.2) is 12.2 Å². The van der Waals surface area contributed by atoms with Gasteiger partial charge in [-0.25, -0.2) is 0 Å². The molecule has 0 bridgehead atoms. The molecule has 0 saturated heterocycles. The van der Waals surface area contributed by atoms with E-state index in [0.717, 1.165) is 8.95 Å². The lowest BCUT2D eigenvalue weighted by Gasteiger charge is -2.40. The topological polar surface area (TPSA) is 3.24 Å². The van der Waals surface area contributed by atoms with Gasteiger partial charge in [-0.1, -0.05) is 6.82 Å². The van der Waals surface area contributed by atoms with Gasteiger partial charge in [0, 0.05) is 20.0 Å². The minimum Gasteiger partial charge on any atom is -0.330 e. The van der Waals surface area contributed by atoms with E-state index in [1.165, 1.54) is 11.1 Å². The fraction of sp³-hybridized carbons (Fsp3) is 0.538. The molecule has 0 aromatic heterocycles. The van der Waals surface area contributed by atoms with Crippen molar-refractivity contribution in [3.8, 4) is 0 Å². The first-order valence-electron chi connectivity index (χ1n) is 5.82. The molecule has 91 valence electrons. The molecule has 1 nitrogen and oxygen atoms in total. The summed E-state index contributed by atoms with van der Waals surface area (Å²) in [5.41, 5.74) is 2.87. The number of rotatable bonds is 1. The molecule has 1 aliphatic heterocycles. The zero-order chi connectivity index (χ0) is 13.0. The number of hydrogen-bond donors (Lipinski definition) is 0. The molecule has 1 heterocycles. The summed E-state index contributed by atoms with van der Waals surface area (Å²) in [5.74, 6) is 0. The molecule has 0 atom stereocenters. The predicted octanol–water partition coefficient (Wildman–Crippen LogP) is 4.66. The van der Waals surface area contributed by atoms with Crippen molar-refractivity contribution in [1.29, 1.82) is 0 Å². The summed E-state index contributed by atoms with van der Waals surface area (Å²) in [5, 5.41) is 0. The van der Waals surface area contributed by atoms with Crippen LogP contribution < -0.4 is 0 Å². The first-order valence-corrected chi connectivity index (χ1v) is 7.40. The number of nitrogens with zero attached hydrogens (tertiary/aromatic N) is 1. The van der Waals surface area contributed by atoms with Crippen molar-refractivity contribution in [2.45, 2.75) is 45.6 Å². The van der Waals surface area contributed by atoms with Crippen LogP contribution in [0.1, 0.15) is 38.8 Å². The lowest BCUT2D eigenvalue weighted by atomic mass is 9.83. The van der Waals surface area contributed by atoms with Crippen molar-refractivity contribution in [3.63, 3.8) is 0 Å². The Labute approximate surface area is 121 Å². The first-order chi connectivity index (χ1) is 7.72. The van der Waals surface area contributed by atoms with E-state index in [9.17, 15) is 0 Å². The highest BCUT2D eigenvalue weighted by atomic mass is 79.9. The minimum absolute atomic E-state index is 0.0385.